The molecular weight excluding hydrogens is 283 g/mol. The number of nitrogens with two attached hydrogens (primary N) is 1. The van der Waals surface area contributed by atoms with Gasteiger partial charge in [-0.05, 0) is 11.6 Å². The van der Waals surface area contributed by atoms with Gasteiger partial charge < -0.3 is 0 Å². The summed E-state index contributed by atoms with van der Waals surface area (Å²) in [6, 6.07) is 6.08. The van der Waals surface area contributed by atoms with E-state index in [0.717, 1.165) is 38.3 Å². The molecule has 3 N–H and O–H groups in total. The third kappa shape index (κ3) is 2.49. The third-order valence-corrected chi connectivity index (χ3v) is 5.04. The van der Waals surface area contributed by atoms with Gasteiger partial charge in [0.05, 0.1) is 16.1 Å². The van der Waals surface area contributed by atoms with Gasteiger partial charge >= 0.3 is 0 Å². The molecule has 0 amide bonds. The van der Waals surface area contributed by atoms with Crippen molar-refractivity contribution in [3.63, 3.8) is 0 Å². The van der Waals surface area contributed by atoms with Crippen LogP contribution in [0.15, 0.2) is 18.2 Å². The molecule has 3 fully saturated rings. The van der Waals surface area contributed by atoms with Crippen LogP contribution in [-0.4, -0.2) is 48.6 Å². The first-order valence-electron chi connectivity index (χ1n) is 6.57. The Kier molecular flexibility index (Phi) is 3.98. The van der Waals surface area contributed by atoms with Crippen molar-refractivity contribution in [1.29, 1.82) is 0 Å². The normalized spacial score (nSPS) is 31.4. The monoisotopic (exact) mass is 300 g/mol. The molecule has 3 heterocycles. The van der Waals surface area contributed by atoms with E-state index in [1.54, 1.807) is 6.07 Å². The standard InChI is InChI=1S/C13H18Cl2N4/c14-10-3-1-2-9(12(10)15)13(17-16)11-8-18-4-6-19(11)7-5-18/h1-3,11,13,17H,4-8,16H2. The van der Waals surface area contributed by atoms with Gasteiger partial charge in [-0.1, -0.05) is 35.3 Å². The van der Waals surface area contributed by atoms with Crippen LogP contribution in [0.2, 0.25) is 10.0 Å². The fraction of sp³-hybridized carbons (Fsp3) is 0.538. The van der Waals surface area contributed by atoms with Gasteiger partial charge in [-0.2, -0.15) is 0 Å². The van der Waals surface area contributed by atoms with Gasteiger partial charge in [0, 0.05) is 38.8 Å². The summed E-state index contributed by atoms with van der Waals surface area (Å²) in [7, 11) is 0. The van der Waals surface area contributed by atoms with Gasteiger partial charge in [0.25, 0.3) is 0 Å². The number of fused-ring (bicyclic) bond motifs is 3. The van der Waals surface area contributed by atoms with Crippen LogP contribution in [0.3, 0.4) is 0 Å². The molecule has 2 bridgehead atoms. The van der Waals surface area contributed by atoms with Crippen LogP contribution in [-0.2, 0) is 0 Å². The molecule has 104 valence electrons. The zero-order valence-electron chi connectivity index (χ0n) is 10.6. The molecule has 19 heavy (non-hydrogen) atoms. The number of halogens is 2. The molecule has 0 radical (unpaired) electrons. The topological polar surface area (TPSA) is 44.5 Å². The Morgan fingerprint density at radius 2 is 1.95 bits per heavy atom. The molecule has 2 unspecified atom stereocenters. The molecule has 3 saturated heterocycles. The summed E-state index contributed by atoms with van der Waals surface area (Å²) in [5.41, 5.74) is 3.91. The number of nitrogens with zero attached hydrogens (tertiary/aromatic N) is 2. The zero-order valence-corrected chi connectivity index (χ0v) is 12.2. The minimum Gasteiger partial charge on any atom is -0.299 e. The lowest BCUT2D eigenvalue weighted by Gasteiger charge is -2.50. The maximum absolute atomic E-state index is 6.33. The summed E-state index contributed by atoms with van der Waals surface area (Å²) in [6.45, 7) is 5.52. The summed E-state index contributed by atoms with van der Waals surface area (Å²) in [5, 5.41) is 1.18. The fourth-order valence-electron chi connectivity index (χ4n) is 3.14. The Labute approximate surface area is 123 Å². The summed E-state index contributed by atoms with van der Waals surface area (Å²) in [4.78, 5) is 4.97. The van der Waals surface area contributed by atoms with Crippen LogP contribution in [0.4, 0.5) is 0 Å². The van der Waals surface area contributed by atoms with E-state index < -0.39 is 0 Å². The van der Waals surface area contributed by atoms with Crippen LogP contribution in [0.1, 0.15) is 11.6 Å². The molecule has 0 saturated carbocycles. The highest BCUT2D eigenvalue weighted by molar-refractivity contribution is 6.42. The lowest BCUT2D eigenvalue weighted by Crippen LogP contribution is -2.64. The van der Waals surface area contributed by atoms with Crippen molar-refractivity contribution in [2.45, 2.75) is 12.1 Å². The Morgan fingerprint density at radius 3 is 2.53 bits per heavy atom. The molecule has 4 nitrogen and oxygen atoms in total. The predicted octanol–water partition coefficient (Wildman–Crippen LogP) is 1.50. The van der Waals surface area contributed by atoms with Crippen LogP contribution in [0.25, 0.3) is 0 Å². The second-order valence-electron chi connectivity index (χ2n) is 5.19. The number of hydrazine groups is 1. The zero-order chi connectivity index (χ0) is 13.4. The van der Waals surface area contributed by atoms with Crippen LogP contribution in [0.5, 0.6) is 0 Å². The molecule has 0 aliphatic carbocycles. The Balaban J connectivity index is 1.90. The highest BCUT2D eigenvalue weighted by Gasteiger charge is 2.37. The van der Waals surface area contributed by atoms with E-state index >= 15 is 0 Å². The van der Waals surface area contributed by atoms with Gasteiger partial charge in [0.1, 0.15) is 0 Å². The summed E-state index contributed by atoms with van der Waals surface area (Å²) >= 11 is 12.4. The first-order chi connectivity index (χ1) is 9.20. The van der Waals surface area contributed by atoms with Crippen molar-refractivity contribution >= 4 is 23.2 Å². The SMILES string of the molecule is NNC(c1cccc(Cl)c1Cl)C1CN2CCN1CC2. The molecule has 6 heteroatoms. The van der Waals surface area contributed by atoms with Crippen molar-refractivity contribution in [3.8, 4) is 0 Å². The van der Waals surface area contributed by atoms with Gasteiger partial charge in [-0.3, -0.25) is 21.1 Å². The van der Waals surface area contributed by atoms with Crippen molar-refractivity contribution < 1.29 is 0 Å². The van der Waals surface area contributed by atoms with E-state index in [1.165, 1.54) is 0 Å². The third-order valence-electron chi connectivity index (χ3n) is 4.20. The van der Waals surface area contributed by atoms with Crippen LogP contribution >= 0.6 is 23.2 Å². The van der Waals surface area contributed by atoms with Crippen LogP contribution in [0, 0.1) is 0 Å². The highest BCUT2D eigenvalue weighted by Crippen LogP contribution is 2.34. The summed E-state index contributed by atoms with van der Waals surface area (Å²) in [6.07, 6.45) is 0. The highest BCUT2D eigenvalue weighted by atomic mass is 35.5. The number of benzene rings is 1. The molecule has 2 atom stereocenters. The number of rotatable bonds is 3. The molecule has 0 spiro atoms. The van der Waals surface area contributed by atoms with Gasteiger partial charge in [-0.25, -0.2) is 0 Å². The van der Waals surface area contributed by atoms with E-state index in [1.807, 2.05) is 12.1 Å². The van der Waals surface area contributed by atoms with Crippen molar-refractivity contribution in [2.75, 3.05) is 32.7 Å². The average Bonchev–Trinajstić information content (AvgIpc) is 2.46. The average molecular weight is 301 g/mol. The van der Waals surface area contributed by atoms with E-state index in [-0.39, 0.29) is 6.04 Å². The van der Waals surface area contributed by atoms with E-state index in [2.05, 4.69) is 15.2 Å². The second-order valence-corrected chi connectivity index (χ2v) is 5.98. The van der Waals surface area contributed by atoms with Crippen molar-refractivity contribution in [2.24, 2.45) is 5.84 Å². The number of nitrogens with one attached hydrogen (secondary N) is 1. The second kappa shape index (κ2) is 5.56. The van der Waals surface area contributed by atoms with Gasteiger partial charge in [0.2, 0.25) is 0 Å². The maximum Gasteiger partial charge on any atom is 0.0642 e. The first-order valence-corrected chi connectivity index (χ1v) is 7.32. The summed E-state index contributed by atoms with van der Waals surface area (Å²) in [5.74, 6) is 5.79. The lowest BCUT2D eigenvalue weighted by atomic mass is 9.94. The van der Waals surface area contributed by atoms with E-state index in [9.17, 15) is 0 Å². The minimum absolute atomic E-state index is 0.00861. The number of piperazine rings is 3. The molecular formula is C13H18Cl2N4. The largest absolute Gasteiger partial charge is 0.299 e. The predicted molar refractivity (Wildman–Crippen MR) is 78.3 cm³/mol. The smallest absolute Gasteiger partial charge is 0.0642 e. The van der Waals surface area contributed by atoms with E-state index in [4.69, 9.17) is 29.0 Å². The van der Waals surface area contributed by atoms with E-state index in [0.29, 0.717) is 16.1 Å². The van der Waals surface area contributed by atoms with Crippen LogP contribution < -0.4 is 11.3 Å². The van der Waals surface area contributed by atoms with Gasteiger partial charge in [0.15, 0.2) is 0 Å². The Bertz CT molecular complexity index is 460. The lowest BCUT2D eigenvalue weighted by molar-refractivity contribution is -0.00367. The fourth-order valence-corrected chi connectivity index (χ4v) is 3.57. The molecule has 3 aliphatic rings. The van der Waals surface area contributed by atoms with Crippen molar-refractivity contribution in [1.82, 2.24) is 15.2 Å². The molecule has 0 aromatic heterocycles. The quantitative estimate of drug-likeness (QED) is 0.656. The van der Waals surface area contributed by atoms with Crippen molar-refractivity contribution in [3.05, 3.63) is 33.8 Å². The Morgan fingerprint density at radius 1 is 1.21 bits per heavy atom. The summed E-state index contributed by atoms with van der Waals surface area (Å²) < 4.78 is 0. The minimum atomic E-state index is 0.00861. The molecule has 3 aliphatic heterocycles. The first kappa shape index (κ1) is 13.6. The Hall–Kier alpha value is -0.360. The number of hydrogen-bond donors (Lipinski definition) is 2. The number of hydrogen-bond acceptors (Lipinski definition) is 4. The van der Waals surface area contributed by atoms with Gasteiger partial charge in [-0.15, -0.1) is 0 Å². The molecule has 4 rings (SSSR count). The molecule has 1 aromatic carbocycles. The maximum atomic E-state index is 6.33. The molecule has 1 aromatic rings.